The number of aromatic amines is 1. The molecule has 0 saturated carbocycles. The number of carbonyl (C=O) groups is 3. The number of hydrogen-bond donors (Lipinski definition) is 3. The Kier molecular flexibility index (Phi) is 4.75. The highest BCUT2D eigenvalue weighted by atomic mass is 16.5. The number of carbonyl (C=O) groups excluding carboxylic acids is 3. The van der Waals surface area contributed by atoms with E-state index in [1.165, 1.54) is 13.8 Å². The Morgan fingerprint density at radius 3 is 2.68 bits per heavy atom. The van der Waals surface area contributed by atoms with E-state index in [-0.39, 0.29) is 11.4 Å². The van der Waals surface area contributed by atoms with Crippen LogP contribution < -0.4 is 5.32 Å². The fraction of sp³-hybridized carbons (Fsp3) is 0.278. The molecular formula is C18H17N5O5. The Balaban J connectivity index is 1.68. The molecule has 3 N–H and O–H groups in total. The van der Waals surface area contributed by atoms with Crippen molar-refractivity contribution in [1.29, 1.82) is 5.26 Å². The number of nitrogens with one attached hydrogen (secondary N) is 2. The molecule has 1 fully saturated rings. The zero-order valence-electron chi connectivity index (χ0n) is 15.1. The molecular weight excluding hydrogens is 366 g/mol. The summed E-state index contributed by atoms with van der Waals surface area (Å²) in [5.41, 5.74) is 0.00172. The Morgan fingerprint density at radius 1 is 1.36 bits per heavy atom. The summed E-state index contributed by atoms with van der Waals surface area (Å²) in [6, 6.07) is 8.18. The van der Waals surface area contributed by atoms with Gasteiger partial charge in [-0.3, -0.25) is 14.5 Å². The number of aliphatic hydroxyl groups excluding tert-OH is 1. The number of rotatable bonds is 5. The van der Waals surface area contributed by atoms with Crippen molar-refractivity contribution >= 4 is 34.5 Å². The third-order valence-corrected chi connectivity index (χ3v) is 4.13. The minimum Gasteiger partial charge on any atom is -0.507 e. The third kappa shape index (κ3) is 3.50. The summed E-state index contributed by atoms with van der Waals surface area (Å²) in [5.74, 6) is -1.84. The number of fused-ring (bicyclic) bond motifs is 1. The van der Waals surface area contributed by atoms with Crippen LogP contribution in [0.3, 0.4) is 0 Å². The maximum Gasteiger partial charge on any atom is 0.326 e. The topological polar surface area (TPSA) is 148 Å². The van der Waals surface area contributed by atoms with Gasteiger partial charge in [-0.05, 0) is 26.0 Å². The number of aliphatic hydroxyl groups is 1. The molecule has 0 bridgehead atoms. The third-order valence-electron chi connectivity index (χ3n) is 4.13. The predicted molar refractivity (Wildman–Crippen MR) is 96.5 cm³/mol. The second kappa shape index (κ2) is 7.03. The number of nitrogens with zero attached hydrogens (tertiary/aromatic N) is 3. The van der Waals surface area contributed by atoms with E-state index in [2.05, 4.69) is 15.3 Å². The van der Waals surface area contributed by atoms with Crippen molar-refractivity contribution in [2.45, 2.75) is 19.4 Å². The molecule has 1 saturated heterocycles. The van der Waals surface area contributed by atoms with Gasteiger partial charge in [0.15, 0.2) is 11.6 Å². The van der Waals surface area contributed by atoms with Crippen molar-refractivity contribution < 1.29 is 24.2 Å². The molecule has 10 heteroatoms. The molecule has 10 nitrogen and oxygen atoms in total. The van der Waals surface area contributed by atoms with Gasteiger partial charge < -0.3 is 20.1 Å². The highest BCUT2D eigenvalue weighted by Gasteiger charge is 2.45. The number of hydrogen-bond acceptors (Lipinski definition) is 7. The predicted octanol–water partition coefficient (Wildman–Crippen LogP) is 1.23. The van der Waals surface area contributed by atoms with E-state index in [0.29, 0.717) is 11.0 Å². The lowest BCUT2D eigenvalue weighted by atomic mass is 10.1. The molecule has 0 unspecified atom stereocenters. The second-order valence-electron chi connectivity index (χ2n) is 6.64. The maximum absolute atomic E-state index is 12.1. The zero-order valence-corrected chi connectivity index (χ0v) is 15.1. The molecule has 0 aliphatic carbocycles. The molecule has 0 atom stereocenters. The van der Waals surface area contributed by atoms with Gasteiger partial charge in [0.2, 0.25) is 0 Å². The molecule has 1 aromatic heterocycles. The number of amides is 3. The number of allylic oxidation sites excluding steroid dienone is 1. The van der Waals surface area contributed by atoms with E-state index < -0.39 is 42.4 Å². The van der Waals surface area contributed by atoms with Gasteiger partial charge in [0.05, 0.1) is 11.0 Å². The van der Waals surface area contributed by atoms with Crippen molar-refractivity contribution in [3.8, 4) is 6.07 Å². The van der Waals surface area contributed by atoms with Gasteiger partial charge in [-0.2, -0.15) is 5.26 Å². The average Bonchev–Trinajstić information content (AvgIpc) is 3.14. The number of aromatic nitrogens is 2. The number of esters is 1. The number of urea groups is 1. The van der Waals surface area contributed by atoms with E-state index in [9.17, 15) is 24.8 Å². The number of para-hydroxylation sites is 2. The summed E-state index contributed by atoms with van der Waals surface area (Å²) in [6.07, 6.45) is 0. The molecule has 0 radical (unpaired) electrons. The van der Waals surface area contributed by atoms with Gasteiger partial charge in [-0.1, -0.05) is 12.1 Å². The fourth-order valence-corrected chi connectivity index (χ4v) is 2.68. The van der Waals surface area contributed by atoms with Crippen LogP contribution in [0.2, 0.25) is 0 Å². The number of imidazole rings is 1. The van der Waals surface area contributed by atoms with Crippen molar-refractivity contribution in [3.05, 3.63) is 35.8 Å². The zero-order chi connectivity index (χ0) is 20.5. The Hall–Kier alpha value is -3.87. The number of imide groups is 1. The summed E-state index contributed by atoms with van der Waals surface area (Å²) in [5, 5.41) is 21.9. The van der Waals surface area contributed by atoms with Crippen LogP contribution in [0.5, 0.6) is 0 Å². The largest absolute Gasteiger partial charge is 0.507 e. The number of ether oxygens (including phenoxy) is 1. The van der Waals surface area contributed by atoms with E-state index in [0.717, 1.165) is 4.90 Å². The van der Waals surface area contributed by atoms with Crippen molar-refractivity contribution in [2.75, 3.05) is 13.2 Å². The first-order chi connectivity index (χ1) is 13.2. The van der Waals surface area contributed by atoms with Gasteiger partial charge in [0, 0.05) is 0 Å². The summed E-state index contributed by atoms with van der Waals surface area (Å²) in [4.78, 5) is 43.6. The van der Waals surface area contributed by atoms with Crippen molar-refractivity contribution in [3.63, 3.8) is 0 Å². The summed E-state index contributed by atoms with van der Waals surface area (Å²) in [6.45, 7) is 1.82. The molecule has 1 aliphatic heterocycles. The molecule has 2 aromatic rings. The normalized spacial score (nSPS) is 16.5. The fourth-order valence-electron chi connectivity index (χ4n) is 2.68. The Morgan fingerprint density at radius 2 is 2.07 bits per heavy atom. The average molecular weight is 383 g/mol. The molecule has 3 amide bonds. The van der Waals surface area contributed by atoms with Gasteiger partial charge in [-0.25, -0.2) is 9.78 Å². The standard InChI is InChI=1S/C18H17N5O5/c1-18(2)16(26)23(17(27)22-18)8-14(25)28-9-13(24)10(7-19)15-20-11-5-3-4-6-12(11)21-15/h3-6,24H,8-9H2,1-2H3,(H,20,21)(H,22,27). The first-order valence-corrected chi connectivity index (χ1v) is 8.30. The minimum atomic E-state index is -1.10. The van der Waals surface area contributed by atoms with Crippen LogP contribution in [0.1, 0.15) is 19.7 Å². The van der Waals surface area contributed by atoms with E-state index >= 15 is 0 Å². The monoisotopic (exact) mass is 383 g/mol. The van der Waals surface area contributed by atoms with Crippen LogP contribution >= 0.6 is 0 Å². The Bertz CT molecular complexity index is 1010. The SMILES string of the molecule is CC1(C)NC(=O)N(CC(=O)OCC(O)=C(C#N)c2nc3ccccc3[nH]2)C1=O. The van der Waals surface area contributed by atoms with Gasteiger partial charge in [-0.15, -0.1) is 0 Å². The lowest BCUT2D eigenvalue weighted by Crippen LogP contribution is -2.41. The van der Waals surface area contributed by atoms with Gasteiger partial charge in [0.1, 0.15) is 30.3 Å². The van der Waals surface area contributed by atoms with Crippen LogP contribution in [0.25, 0.3) is 16.6 Å². The molecule has 3 rings (SSSR count). The van der Waals surface area contributed by atoms with E-state index in [1.54, 1.807) is 24.3 Å². The Labute approximate surface area is 159 Å². The lowest BCUT2D eigenvalue weighted by molar-refractivity contribution is -0.147. The quantitative estimate of drug-likeness (QED) is 0.304. The van der Waals surface area contributed by atoms with Crippen LogP contribution in [0.15, 0.2) is 30.0 Å². The first-order valence-electron chi connectivity index (χ1n) is 8.30. The lowest BCUT2D eigenvalue weighted by Gasteiger charge is -2.15. The van der Waals surface area contributed by atoms with Crippen molar-refractivity contribution in [1.82, 2.24) is 20.2 Å². The highest BCUT2D eigenvalue weighted by Crippen LogP contribution is 2.19. The van der Waals surface area contributed by atoms with Gasteiger partial charge >= 0.3 is 12.0 Å². The van der Waals surface area contributed by atoms with Crippen LogP contribution in [-0.2, 0) is 14.3 Å². The highest BCUT2D eigenvalue weighted by molar-refractivity contribution is 6.08. The summed E-state index contributed by atoms with van der Waals surface area (Å²) in [7, 11) is 0. The number of nitriles is 1. The van der Waals surface area contributed by atoms with E-state index in [1.807, 2.05) is 6.07 Å². The van der Waals surface area contributed by atoms with Gasteiger partial charge in [0.25, 0.3) is 5.91 Å². The molecule has 1 aromatic carbocycles. The summed E-state index contributed by atoms with van der Waals surface area (Å²) >= 11 is 0. The molecule has 0 spiro atoms. The maximum atomic E-state index is 12.1. The number of H-pyrrole nitrogens is 1. The van der Waals surface area contributed by atoms with Crippen molar-refractivity contribution in [2.24, 2.45) is 0 Å². The summed E-state index contributed by atoms with van der Waals surface area (Å²) < 4.78 is 4.90. The molecule has 2 heterocycles. The molecule has 28 heavy (non-hydrogen) atoms. The van der Waals surface area contributed by atoms with Crippen LogP contribution in [0, 0.1) is 11.3 Å². The van der Waals surface area contributed by atoms with Crippen LogP contribution in [-0.4, -0.2) is 56.6 Å². The minimum absolute atomic E-state index is 0.132. The van der Waals surface area contributed by atoms with E-state index in [4.69, 9.17) is 4.74 Å². The number of benzene rings is 1. The molecule has 144 valence electrons. The first kappa shape index (κ1) is 18.9. The molecule has 1 aliphatic rings. The van der Waals surface area contributed by atoms with Crippen LogP contribution in [0.4, 0.5) is 4.79 Å². The smallest absolute Gasteiger partial charge is 0.326 e. The second-order valence-corrected chi connectivity index (χ2v) is 6.64.